The van der Waals surface area contributed by atoms with Gasteiger partial charge in [0.1, 0.15) is 5.75 Å². The Morgan fingerprint density at radius 1 is 1.50 bits per heavy atom. The van der Waals surface area contributed by atoms with E-state index in [0.29, 0.717) is 18.7 Å². The van der Waals surface area contributed by atoms with Crippen LogP contribution in [0, 0.1) is 18.3 Å². The molecule has 0 bridgehead atoms. The highest BCUT2D eigenvalue weighted by molar-refractivity contribution is 5.70. The Kier molecular flexibility index (Phi) is 4.34. The normalized spacial score (nSPS) is 9.31. The van der Waals surface area contributed by atoms with E-state index in [4.69, 9.17) is 10.00 Å². The molecule has 0 fully saturated rings. The molecule has 0 N–H and O–H groups in total. The van der Waals surface area contributed by atoms with E-state index >= 15 is 0 Å². The van der Waals surface area contributed by atoms with Crippen LogP contribution in [-0.4, -0.2) is 24.6 Å². The number of ether oxygens (including phenoxy) is 1. The molecular formula is C12H14N2O2. The number of hydrogen-bond donors (Lipinski definition) is 0. The summed E-state index contributed by atoms with van der Waals surface area (Å²) in [6.07, 6.45) is -0.135. The monoisotopic (exact) mass is 218 g/mol. The summed E-state index contributed by atoms with van der Waals surface area (Å²) in [5.41, 5.74) is 0.907. The van der Waals surface area contributed by atoms with Gasteiger partial charge in [-0.05, 0) is 18.6 Å². The number of carbonyl (C=O) groups is 1. The summed E-state index contributed by atoms with van der Waals surface area (Å²) >= 11 is 0. The molecular weight excluding hydrogens is 204 g/mol. The van der Waals surface area contributed by atoms with E-state index in [9.17, 15) is 4.79 Å². The van der Waals surface area contributed by atoms with E-state index < -0.39 is 6.09 Å². The fourth-order valence-electron chi connectivity index (χ4n) is 1.15. The van der Waals surface area contributed by atoms with Crippen LogP contribution >= 0.6 is 0 Å². The summed E-state index contributed by atoms with van der Waals surface area (Å²) in [4.78, 5) is 12.9. The minimum Gasteiger partial charge on any atom is -0.410 e. The molecule has 16 heavy (non-hydrogen) atoms. The number of hydrogen-bond acceptors (Lipinski definition) is 3. The van der Waals surface area contributed by atoms with Crippen LogP contribution in [0.2, 0.25) is 0 Å². The molecule has 4 nitrogen and oxygen atoms in total. The van der Waals surface area contributed by atoms with Crippen molar-refractivity contribution in [3.8, 4) is 11.8 Å². The SMILES string of the molecule is Cc1ccccc1OC(=O)N(C)CCC#N. The molecule has 0 unspecified atom stereocenters. The lowest BCUT2D eigenvalue weighted by Gasteiger charge is -2.15. The topological polar surface area (TPSA) is 53.3 Å². The summed E-state index contributed by atoms with van der Waals surface area (Å²) in [7, 11) is 1.61. The fraction of sp³-hybridized carbons (Fsp3) is 0.333. The molecule has 0 saturated heterocycles. The third-order valence-corrected chi connectivity index (χ3v) is 2.16. The Labute approximate surface area is 95.0 Å². The zero-order valence-electron chi connectivity index (χ0n) is 9.43. The van der Waals surface area contributed by atoms with E-state index in [0.717, 1.165) is 5.56 Å². The Hall–Kier alpha value is -2.02. The van der Waals surface area contributed by atoms with Crippen molar-refractivity contribution in [3.63, 3.8) is 0 Å². The molecule has 84 valence electrons. The van der Waals surface area contributed by atoms with Gasteiger partial charge in [0.15, 0.2) is 0 Å². The number of para-hydroxylation sites is 1. The first-order valence-corrected chi connectivity index (χ1v) is 5.00. The maximum atomic E-state index is 11.6. The average Bonchev–Trinajstić information content (AvgIpc) is 2.28. The number of benzene rings is 1. The van der Waals surface area contributed by atoms with Crippen LogP contribution in [-0.2, 0) is 0 Å². The van der Waals surface area contributed by atoms with Crippen LogP contribution in [0.4, 0.5) is 4.79 Å². The predicted octanol–water partition coefficient (Wildman–Crippen LogP) is 2.34. The maximum Gasteiger partial charge on any atom is 0.415 e. The van der Waals surface area contributed by atoms with E-state index in [1.54, 1.807) is 13.1 Å². The minimum absolute atomic E-state index is 0.305. The summed E-state index contributed by atoms with van der Waals surface area (Å²) in [5, 5.41) is 8.40. The van der Waals surface area contributed by atoms with Gasteiger partial charge < -0.3 is 9.64 Å². The molecule has 1 aromatic carbocycles. The van der Waals surface area contributed by atoms with Gasteiger partial charge in [-0.3, -0.25) is 0 Å². The van der Waals surface area contributed by atoms with Crippen molar-refractivity contribution in [1.82, 2.24) is 4.90 Å². The van der Waals surface area contributed by atoms with Crippen molar-refractivity contribution in [2.24, 2.45) is 0 Å². The summed E-state index contributed by atoms with van der Waals surface area (Å²) in [6.45, 7) is 2.25. The van der Waals surface area contributed by atoms with Crippen molar-refractivity contribution in [2.75, 3.05) is 13.6 Å². The largest absolute Gasteiger partial charge is 0.415 e. The quantitative estimate of drug-likeness (QED) is 0.782. The van der Waals surface area contributed by atoms with Crippen LogP contribution in [0.5, 0.6) is 5.75 Å². The van der Waals surface area contributed by atoms with Gasteiger partial charge in [-0.25, -0.2) is 4.79 Å². The Bertz CT molecular complexity index is 410. The molecule has 0 spiro atoms. The fourth-order valence-corrected chi connectivity index (χ4v) is 1.15. The molecule has 4 heteroatoms. The van der Waals surface area contributed by atoms with Crippen molar-refractivity contribution in [2.45, 2.75) is 13.3 Å². The zero-order chi connectivity index (χ0) is 12.0. The number of carbonyl (C=O) groups excluding carboxylic acids is 1. The third kappa shape index (κ3) is 3.28. The van der Waals surface area contributed by atoms with Gasteiger partial charge in [-0.2, -0.15) is 5.26 Å². The van der Waals surface area contributed by atoms with Gasteiger partial charge in [0.2, 0.25) is 0 Å². The average molecular weight is 218 g/mol. The van der Waals surface area contributed by atoms with Gasteiger partial charge in [-0.15, -0.1) is 0 Å². The number of nitrogens with zero attached hydrogens (tertiary/aromatic N) is 2. The first-order valence-electron chi connectivity index (χ1n) is 5.00. The molecule has 0 aliphatic carbocycles. The van der Waals surface area contributed by atoms with Crippen molar-refractivity contribution in [1.29, 1.82) is 5.26 Å². The summed E-state index contributed by atoms with van der Waals surface area (Å²) < 4.78 is 5.18. The van der Waals surface area contributed by atoms with E-state index in [-0.39, 0.29) is 0 Å². The highest BCUT2D eigenvalue weighted by atomic mass is 16.6. The number of nitriles is 1. The molecule has 0 aliphatic heterocycles. The lowest BCUT2D eigenvalue weighted by Crippen LogP contribution is -2.30. The molecule has 0 radical (unpaired) electrons. The smallest absolute Gasteiger partial charge is 0.410 e. The molecule has 0 atom stereocenters. The van der Waals surface area contributed by atoms with Gasteiger partial charge >= 0.3 is 6.09 Å². The lowest BCUT2D eigenvalue weighted by atomic mass is 10.2. The first kappa shape index (κ1) is 12.1. The first-order chi connectivity index (χ1) is 7.65. The van der Waals surface area contributed by atoms with Crippen LogP contribution in [0.25, 0.3) is 0 Å². The van der Waals surface area contributed by atoms with Crippen LogP contribution in [0.1, 0.15) is 12.0 Å². The van der Waals surface area contributed by atoms with Crippen LogP contribution in [0.3, 0.4) is 0 Å². The van der Waals surface area contributed by atoms with Gasteiger partial charge in [0.05, 0.1) is 12.5 Å². The standard InChI is InChI=1S/C12H14N2O2/c1-10-6-3-4-7-11(10)16-12(15)14(2)9-5-8-13/h3-4,6-7H,5,9H2,1-2H3. The zero-order valence-corrected chi connectivity index (χ0v) is 9.43. The molecule has 0 aromatic heterocycles. The van der Waals surface area contributed by atoms with Gasteiger partial charge in [-0.1, -0.05) is 18.2 Å². The summed E-state index contributed by atoms with van der Waals surface area (Å²) in [5.74, 6) is 0.552. The summed E-state index contributed by atoms with van der Waals surface area (Å²) in [6, 6.07) is 9.29. The highest BCUT2D eigenvalue weighted by Gasteiger charge is 2.11. The molecule has 0 aliphatic rings. The Morgan fingerprint density at radius 2 is 2.19 bits per heavy atom. The van der Waals surface area contributed by atoms with E-state index in [2.05, 4.69) is 0 Å². The Balaban J connectivity index is 2.58. The second-order valence-electron chi connectivity index (χ2n) is 3.46. The van der Waals surface area contributed by atoms with E-state index in [1.165, 1.54) is 4.90 Å². The second-order valence-corrected chi connectivity index (χ2v) is 3.46. The van der Waals surface area contributed by atoms with E-state index in [1.807, 2.05) is 31.2 Å². The minimum atomic E-state index is -0.440. The second kappa shape index (κ2) is 5.76. The molecule has 1 rings (SSSR count). The molecule has 1 aromatic rings. The van der Waals surface area contributed by atoms with Crippen molar-refractivity contribution in [3.05, 3.63) is 29.8 Å². The lowest BCUT2D eigenvalue weighted by molar-refractivity contribution is 0.163. The molecule has 0 saturated carbocycles. The Morgan fingerprint density at radius 3 is 2.81 bits per heavy atom. The van der Waals surface area contributed by atoms with Gasteiger partial charge in [0.25, 0.3) is 0 Å². The molecule has 1 amide bonds. The number of aryl methyl sites for hydroxylation is 1. The third-order valence-electron chi connectivity index (χ3n) is 2.16. The number of amides is 1. The highest BCUT2D eigenvalue weighted by Crippen LogP contribution is 2.16. The van der Waals surface area contributed by atoms with Crippen molar-refractivity contribution >= 4 is 6.09 Å². The van der Waals surface area contributed by atoms with Crippen molar-refractivity contribution < 1.29 is 9.53 Å². The number of rotatable bonds is 3. The van der Waals surface area contributed by atoms with Crippen LogP contribution < -0.4 is 4.74 Å². The predicted molar refractivity (Wildman–Crippen MR) is 60.1 cm³/mol. The molecule has 0 heterocycles. The maximum absolute atomic E-state index is 11.6. The van der Waals surface area contributed by atoms with Crippen LogP contribution in [0.15, 0.2) is 24.3 Å². The van der Waals surface area contributed by atoms with Gasteiger partial charge in [0, 0.05) is 13.6 Å².